The molecule has 0 aliphatic carbocycles. The van der Waals surface area contributed by atoms with Gasteiger partial charge in [0.25, 0.3) is 5.69 Å². The molecule has 118 valence electrons. The molecule has 8 heteroatoms. The summed E-state index contributed by atoms with van der Waals surface area (Å²) in [6.45, 7) is 5.33. The summed E-state index contributed by atoms with van der Waals surface area (Å²) in [5, 5.41) is 19.5. The third kappa shape index (κ3) is 6.92. The maximum atomic E-state index is 11.6. The van der Waals surface area contributed by atoms with Crippen molar-refractivity contribution in [2.24, 2.45) is 0 Å². The van der Waals surface area contributed by atoms with Crippen molar-refractivity contribution in [3.8, 4) is 0 Å². The zero-order chi connectivity index (χ0) is 15.0. The Morgan fingerprint density at radius 1 is 1.38 bits per heavy atom. The predicted octanol–water partition coefficient (Wildman–Crippen LogP) is 1.54. The lowest BCUT2D eigenvalue weighted by Crippen LogP contribution is -2.40. The summed E-state index contributed by atoms with van der Waals surface area (Å²) in [7, 11) is 0. The summed E-state index contributed by atoms with van der Waals surface area (Å²) in [5.41, 5.74) is 0.300. The van der Waals surface area contributed by atoms with Gasteiger partial charge in [-0.25, -0.2) is 0 Å². The van der Waals surface area contributed by atoms with Gasteiger partial charge in [0.2, 0.25) is 5.91 Å². The van der Waals surface area contributed by atoms with Crippen LogP contribution in [0.5, 0.6) is 0 Å². The Balaban J connectivity index is 0.00000400. The molecule has 1 atom stereocenters. The smallest absolute Gasteiger partial charge is 0.292 e. The molecule has 0 bridgehead atoms. The number of nitrogens with one attached hydrogen (secondary N) is 3. The van der Waals surface area contributed by atoms with E-state index in [0.717, 1.165) is 6.54 Å². The number of hydrogen-bond acceptors (Lipinski definition) is 5. The number of para-hydroxylation sites is 2. The number of nitro groups is 1. The van der Waals surface area contributed by atoms with Crippen LogP contribution in [0.15, 0.2) is 24.3 Å². The Hall–Kier alpha value is -1.86. The molecule has 0 heterocycles. The fraction of sp³-hybridized carbons (Fsp3) is 0.462. The molecule has 0 aromatic heterocycles. The Morgan fingerprint density at radius 2 is 2.05 bits per heavy atom. The van der Waals surface area contributed by atoms with E-state index in [1.807, 2.05) is 13.8 Å². The minimum Gasteiger partial charge on any atom is -0.371 e. The summed E-state index contributed by atoms with van der Waals surface area (Å²) in [5.74, 6) is -0.201. The van der Waals surface area contributed by atoms with Gasteiger partial charge in [-0.3, -0.25) is 14.9 Å². The third-order valence-electron chi connectivity index (χ3n) is 2.70. The van der Waals surface area contributed by atoms with Gasteiger partial charge in [0.05, 0.1) is 11.5 Å². The number of amides is 1. The molecule has 0 saturated heterocycles. The van der Waals surface area contributed by atoms with Crippen molar-refractivity contribution in [1.29, 1.82) is 0 Å². The fourth-order valence-corrected chi connectivity index (χ4v) is 1.71. The highest BCUT2D eigenvalue weighted by Crippen LogP contribution is 2.22. The summed E-state index contributed by atoms with van der Waals surface area (Å²) in [6, 6.07) is 6.43. The highest BCUT2D eigenvalue weighted by molar-refractivity contribution is 5.85. The highest BCUT2D eigenvalue weighted by Gasteiger charge is 2.13. The molecule has 0 unspecified atom stereocenters. The molecule has 21 heavy (non-hydrogen) atoms. The minimum absolute atomic E-state index is 0. The van der Waals surface area contributed by atoms with Gasteiger partial charge in [-0.1, -0.05) is 19.1 Å². The topological polar surface area (TPSA) is 96.3 Å². The molecule has 0 saturated carbocycles. The Kier molecular flexibility index (Phi) is 9.07. The van der Waals surface area contributed by atoms with Crippen molar-refractivity contribution in [2.45, 2.75) is 19.9 Å². The largest absolute Gasteiger partial charge is 0.371 e. The number of carbonyl (C=O) groups is 1. The molecular weight excluding hydrogens is 296 g/mol. The summed E-state index contributed by atoms with van der Waals surface area (Å²) >= 11 is 0. The maximum Gasteiger partial charge on any atom is 0.292 e. The van der Waals surface area contributed by atoms with Crippen molar-refractivity contribution in [3.63, 3.8) is 0 Å². The number of carbonyl (C=O) groups excluding carboxylic acids is 1. The molecule has 1 aromatic carbocycles. The monoisotopic (exact) mass is 316 g/mol. The van der Waals surface area contributed by atoms with Gasteiger partial charge in [-0.15, -0.1) is 12.4 Å². The van der Waals surface area contributed by atoms with E-state index in [1.54, 1.807) is 18.2 Å². The third-order valence-corrected chi connectivity index (χ3v) is 2.70. The van der Waals surface area contributed by atoms with Gasteiger partial charge in [0.1, 0.15) is 5.69 Å². The highest BCUT2D eigenvalue weighted by atomic mass is 35.5. The van der Waals surface area contributed by atoms with Crippen LogP contribution in [0.2, 0.25) is 0 Å². The molecule has 1 aromatic rings. The van der Waals surface area contributed by atoms with Crippen LogP contribution in [-0.2, 0) is 4.79 Å². The second-order valence-electron chi connectivity index (χ2n) is 4.39. The van der Waals surface area contributed by atoms with Crippen LogP contribution in [-0.4, -0.2) is 36.5 Å². The molecule has 0 spiro atoms. The van der Waals surface area contributed by atoms with E-state index in [1.165, 1.54) is 6.07 Å². The quantitative estimate of drug-likeness (QED) is 0.499. The van der Waals surface area contributed by atoms with Crippen molar-refractivity contribution in [2.75, 3.05) is 25.0 Å². The normalized spacial score (nSPS) is 11.1. The zero-order valence-corrected chi connectivity index (χ0v) is 12.9. The molecule has 0 fully saturated rings. The summed E-state index contributed by atoms with van der Waals surface area (Å²) in [4.78, 5) is 22.0. The molecule has 3 N–H and O–H groups in total. The fourth-order valence-electron chi connectivity index (χ4n) is 1.71. The van der Waals surface area contributed by atoms with Crippen LogP contribution < -0.4 is 16.0 Å². The molecule has 0 aliphatic rings. The SMILES string of the molecule is CCN[C@H](C)CNC(=O)CNc1ccccc1[N+](=O)[O-].Cl. The number of hydrogen-bond donors (Lipinski definition) is 3. The van der Waals surface area contributed by atoms with E-state index >= 15 is 0 Å². The molecular formula is C13H21ClN4O3. The van der Waals surface area contributed by atoms with E-state index in [9.17, 15) is 14.9 Å². The Bertz CT molecular complexity index is 470. The number of nitrogens with zero attached hydrogens (tertiary/aromatic N) is 1. The van der Waals surface area contributed by atoms with Crippen molar-refractivity contribution >= 4 is 29.7 Å². The Morgan fingerprint density at radius 3 is 2.67 bits per heavy atom. The van der Waals surface area contributed by atoms with Gasteiger partial charge in [0.15, 0.2) is 0 Å². The van der Waals surface area contributed by atoms with Crippen molar-refractivity contribution < 1.29 is 9.72 Å². The lowest BCUT2D eigenvalue weighted by molar-refractivity contribution is -0.383. The van der Waals surface area contributed by atoms with Gasteiger partial charge >= 0.3 is 0 Å². The van der Waals surface area contributed by atoms with E-state index in [2.05, 4.69) is 16.0 Å². The van der Waals surface area contributed by atoms with Crippen molar-refractivity contribution in [3.05, 3.63) is 34.4 Å². The summed E-state index contributed by atoms with van der Waals surface area (Å²) in [6.07, 6.45) is 0. The van der Waals surface area contributed by atoms with E-state index in [4.69, 9.17) is 0 Å². The lowest BCUT2D eigenvalue weighted by atomic mass is 10.2. The van der Waals surface area contributed by atoms with Crippen LogP contribution in [0.4, 0.5) is 11.4 Å². The summed E-state index contributed by atoms with van der Waals surface area (Å²) < 4.78 is 0. The first-order valence-electron chi connectivity index (χ1n) is 6.52. The first kappa shape index (κ1) is 19.1. The molecule has 1 rings (SSSR count). The average molecular weight is 317 g/mol. The van der Waals surface area contributed by atoms with E-state index in [0.29, 0.717) is 12.2 Å². The number of rotatable bonds is 8. The van der Waals surface area contributed by atoms with Gasteiger partial charge < -0.3 is 16.0 Å². The second-order valence-corrected chi connectivity index (χ2v) is 4.39. The van der Waals surface area contributed by atoms with E-state index in [-0.39, 0.29) is 36.6 Å². The van der Waals surface area contributed by atoms with E-state index < -0.39 is 4.92 Å². The van der Waals surface area contributed by atoms with Crippen LogP contribution in [0.3, 0.4) is 0 Å². The minimum atomic E-state index is -0.479. The van der Waals surface area contributed by atoms with Crippen molar-refractivity contribution in [1.82, 2.24) is 10.6 Å². The van der Waals surface area contributed by atoms with Gasteiger partial charge in [-0.2, -0.15) is 0 Å². The number of benzene rings is 1. The number of halogens is 1. The Labute approximate surface area is 130 Å². The first-order valence-corrected chi connectivity index (χ1v) is 6.52. The van der Waals surface area contributed by atoms with Crippen LogP contribution in [0.25, 0.3) is 0 Å². The first-order chi connectivity index (χ1) is 9.54. The van der Waals surface area contributed by atoms with Crippen LogP contribution >= 0.6 is 12.4 Å². The van der Waals surface area contributed by atoms with Crippen LogP contribution in [0.1, 0.15) is 13.8 Å². The molecule has 0 aliphatic heterocycles. The number of likely N-dealkylation sites (N-methyl/N-ethyl adjacent to an activating group) is 1. The number of anilines is 1. The molecule has 0 radical (unpaired) electrons. The standard InChI is InChI=1S/C13H20N4O3.ClH/c1-3-14-10(2)8-16-13(18)9-15-11-6-4-5-7-12(11)17(19)20;/h4-7,10,14-15H,3,8-9H2,1-2H3,(H,16,18);1H/t10-;/m1./s1. The van der Waals surface area contributed by atoms with Crippen LogP contribution in [0, 0.1) is 10.1 Å². The maximum absolute atomic E-state index is 11.6. The zero-order valence-electron chi connectivity index (χ0n) is 12.1. The lowest BCUT2D eigenvalue weighted by Gasteiger charge is -2.13. The average Bonchev–Trinajstić information content (AvgIpc) is 2.43. The number of nitro benzene ring substituents is 1. The van der Waals surface area contributed by atoms with Gasteiger partial charge in [0, 0.05) is 18.7 Å². The second kappa shape index (κ2) is 9.95. The van der Waals surface area contributed by atoms with Gasteiger partial charge in [-0.05, 0) is 19.5 Å². The molecule has 1 amide bonds. The molecule has 7 nitrogen and oxygen atoms in total. The predicted molar refractivity (Wildman–Crippen MR) is 85.0 cm³/mol.